The van der Waals surface area contributed by atoms with Crippen LogP contribution >= 0.6 is 0 Å². The van der Waals surface area contributed by atoms with Gasteiger partial charge in [0.2, 0.25) is 5.91 Å². The predicted molar refractivity (Wildman–Crippen MR) is 136 cm³/mol. The van der Waals surface area contributed by atoms with E-state index in [-0.39, 0.29) is 5.91 Å². The number of hydrogen-bond donors (Lipinski definition) is 0. The minimum atomic E-state index is 0.278. The number of imidazole rings is 1. The zero-order valence-corrected chi connectivity index (χ0v) is 21.1. The van der Waals surface area contributed by atoms with Gasteiger partial charge in [-0.05, 0) is 55.1 Å². The van der Waals surface area contributed by atoms with Crippen molar-refractivity contribution in [3.63, 3.8) is 0 Å². The Hall–Kier alpha value is -2.34. The van der Waals surface area contributed by atoms with E-state index in [1.807, 2.05) is 10.8 Å². The van der Waals surface area contributed by atoms with Crippen molar-refractivity contribution in [2.45, 2.75) is 65.3 Å². The van der Waals surface area contributed by atoms with E-state index < -0.39 is 0 Å². The number of rotatable bonds is 5. The fourth-order valence-corrected chi connectivity index (χ4v) is 5.70. The van der Waals surface area contributed by atoms with Crippen molar-refractivity contribution in [1.29, 1.82) is 0 Å². The molecule has 0 atom stereocenters. The molecule has 0 saturated carbocycles. The summed E-state index contributed by atoms with van der Waals surface area (Å²) in [6.45, 7) is 11.0. The van der Waals surface area contributed by atoms with E-state index in [0.717, 1.165) is 64.3 Å². The smallest absolute Gasteiger partial charge is 0.224 e. The lowest BCUT2D eigenvalue weighted by molar-refractivity contribution is -0.134. The Balaban J connectivity index is 1.39. The minimum absolute atomic E-state index is 0.278. The number of ether oxygens (including phenoxy) is 1. The van der Waals surface area contributed by atoms with Crippen LogP contribution in [0.5, 0.6) is 5.75 Å². The molecule has 0 N–H and O–H groups in total. The summed E-state index contributed by atoms with van der Waals surface area (Å²) >= 11 is 0. The number of fused-ring (bicyclic) bond motifs is 1. The first-order valence-corrected chi connectivity index (χ1v) is 13.2. The van der Waals surface area contributed by atoms with Gasteiger partial charge in [0.1, 0.15) is 12.4 Å². The summed E-state index contributed by atoms with van der Waals surface area (Å²) in [4.78, 5) is 21.7. The SMILES string of the molecule is CC(C)CN1CCOc2ccccc2CCCCC2(CCN(C(=O)CCn3ccnc3)CC2)C1. The van der Waals surface area contributed by atoms with Gasteiger partial charge in [-0.3, -0.25) is 9.69 Å². The fourth-order valence-electron chi connectivity index (χ4n) is 5.70. The normalized spacial score (nSPS) is 19.8. The van der Waals surface area contributed by atoms with Crippen LogP contribution in [0.15, 0.2) is 43.0 Å². The highest BCUT2D eigenvalue weighted by molar-refractivity contribution is 5.76. The number of piperidine rings is 1. The number of benzene rings is 1. The van der Waals surface area contributed by atoms with Gasteiger partial charge in [-0.2, -0.15) is 0 Å². The van der Waals surface area contributed by atoms with Crippen molar-refractivity contribution >= 4 is 5.91 Å². The molecule has 6 nitrogen and oxygen atoms in total. The molecule has 1 spiro atoms. The lowest BCUT2D eigenvalue weighted by Crippen LogP contribution is -2.49. The highest BCUT2D eigenvalue weighted by Gasteiger charge is 2.37. The van der Waals surface area contributed by atoms with Gasteiger partial charge in [0.15, 0.2) is 0 Å². The third-order valence-electron chi connectivity index (χ3n) is 7.54. The largest absolute Gasteiger partial charge is 0.492 e. The Morgan fingerprint density at radius 2 is 1.94 bits per heavy atom. The van der Waals surface area contributed by atoms with Crippen molar-refractivity contribution in [1.82, 2.24) is 19.4 Å². The summed E-state index contributed by atoms with van der Waals surface area (Å²) in [7, 11) is 0. The molecule has 2 aromatic rings. The quantitative estimate of drug-likeness (QED) is 0.644. The summed E-state index contributed by atoms with van der Waals surface area (Å²) in [6.07, 6.45) is 13.0. The molecule has 0 aliphatic carbocycles. The molecular weight excluding hydrogens is 424 g/mol. The number of likely N-dealkylation sites (tertiary alicyclic amines) is 1. The van der Waals surface area contributed by atoms with Crippen LogP contribution in [0.25, 0.3) is 0 Å². The molecule has 1 saturated heterocycles. The molecule has 2 aliphatic heterocycles. The maximum absolute atomic E-state index is 12.9. The summed E-state index contributed by atoms with van der Waals surface area (Å²) < 4.78 is 8.24. The third-order valence-corrected chi connectivity index (χ3v) is 7.54. The van der Waals surface area contributed by atoms with Crippen LogP contribution in [0.2, 0.25) is 0 Å². The van der Waals surface area contributed by atoms with Gasteiger partial charge in [0.05, 0.1) is 6.33 Å². The van der Waals surface area contributed by atoms with E-state index in [2.05, 4.69) is 52.9 Å². The van der Waals surface area contributed by atoms with E-state index in [1.54, 1.807) is 12.5 Å². The van der Waals surface area contributed by atoms with Gasteiger partial charge in [0.25, 0.3) is 0 Å². The molecule has 186 valence electrons. The van der Waals surface area contributed by atoms with Crippen molar-refractivity contribution in [2.75, 3.05) is 39.3 Å². The van der Waals surface area contributed by atoms with Gasteiger partial charge < -0.3 is 14.2 Å². The molecule has 4 rings (SSSR count). The average Bonchev–Trinajstić information content (AvgIpc) is 3.34. The van der Waals surface area contributed by atoms with Crippen molar-refractivity contribution in [2.24, 2.45) is 11.3 Å². The first kappa shape index (κ1) is 24.8. The fraction of sp³-hybridized carbons (Fsp3) is 0.643. The summed E-state index contributed by atoms with van der Waals surface area (Å²) in [5, 5.41) is 0. The number of hydrogen-bond acceptors (Lipinski definition) is 4. The number of aromatic nitrogens is 2. The Bertz CT molecular complexity index is 888. The van der Waals surface area contributed by atoms with Gasteiger partial charge in [-0.25, -0.2) is 4.98 Å². The Morgan fingerprint density at radius 1 is 1.12 bits per heavy atom. The summed E-state index contributed by atoms with van der Waals surface area (Å²) in [5.41, 5.74) is 1.64. The number of nitrogens with zero attached hydrogens (tertiary/aromatic N) is 4. The number of aryl methyl sites for hydroxylation is 2. The molecule has 0 bridgehead atoms. The van der Waals surface area contributed by atoms with Gasteiger partial charge >= 0.3 is 0 Å². The van der Waals surface area contributed by atoms with Crippen LogP contribution < -0.4 is 4.74 Å². The molecule has 1 aromatic carbocycles. The molecule has 34 heavy (non-hydrogen) atoms. The molecule has 2 aliphatic rings. The second-order valence-corrected chi connectivity index (χ2v) is 10.7. The molecule has 0 radical (unpaired) electrons. The topological polar surface area (TPSA) is 50.6 Å². The molecule has 1 amide bonds. The lowest BCUT2D eigenvalue weighted by Gasteiger charge is -2.45. The Kier molecular flexibility index (Phi) is 8.65. The highest BCUT2D eigenvalue weighted by atomic mass is 16.5. The highest BCUT2D eigenvalue weighted by Crippen LogP contribution is 2.38. The van der Waals surface area contributed by atoms with E-state index in [9.17, 15) is 4.79 Å². The molecule has 1 fully saturated rings. The maximum atomic E-state index is 12.9. The second kappa shape index (κ2) is 11.9. The van der Waals surface area contributed by atoms with Crippen LogP contribution in [0.3, 0.4) is 0 Å². The molecule has 1 aromatic heterocycles. The van der Waals surface area contributed by atoms with E-state index in [4.69, 9.17) is 4.74 Å². The first-order valence-electron chi connectivity index (χ1n) is 13.2. The van der Waals surface area contributed by atoms with Crippen LogP contribution in [-0.2, 0) is 17.8 Å². The zero-order chi connectivity index (χ0) is 23.8. The molecule has 0 unspecified atom stereocenters. The zero-order valence-electron chi connectivity index (χ0n) is 21.1. The van der Waals surface area contributed by atoms with E-state index in [1.165, 1.54) is 24.8 Å². The van der Waals surface area contributed by atoms with Crippen LogP contribution in [0, 0.1) is 11.3 Å². The van der Waals surface area contributed by atoms with E-state index in [0.29, 0.717) is 24.3 Å². The maximum Gasteiger partial charge on any atom is 0.224 e. The average molecular weight is 467 g/mol. The molecule has 3 heterocycles. The third kappa shape index (κ3) is 6.84. The van der Waals surface area contributed by atoms with Crippen molar-refractivity contribution in [3.8, 4) is 5.75 Å². The summed E-state index contributed by atoms with van der Waals surface area (Å²) in [5.74, 6) is 1.97. The predicted octanol–water partition coefficient (Wildman–Crippen LogP) is 4.65. The van der Waals surface area contributed by atoms with Crippen molar-refractivity contribution in [3.05, 3.63) is 48.5 Å². The van der Waals surface area contributed by atoms with Crippen LogP contribution in [-0.4, -0.2) is 64.6 Å². The van der Waals surface area contributed by atoms with Crippen LogP contribution in [0.1, 0.15) is 57.9 Å². The van der Waals surface area contributed by atoms with Crippen LogP contribution in [0.4, 0.5) is 0 Å². The Morgan fingerprint density at radius 3 is 2.71 bits per heavy atom. The molecule has 6 heteroatoms. The number of para-hydroxylation sites is 1. The van der Waals surface area contributed by atoms with Gasteiger partial charge in [0, 0.05) is 58.1 Å². The van der Waals surface area contributed by atoms with Gasteiger partial charge in [-0.1, -0.05) is 38.5 Å². The number of carbonyl (C=O) groups is 1. The monoisotopic (exact) mass is 466 g/mol. The number of carbonyl (C=O) groups excluding carboxylic acids is 1. The first-order chi connectivity index (χ1) is 16.5. The summed E-state index contributed by atoms with van der Waals surface area (Å²) in [6, 6.07) is 8.54. The lowest BCUT2D eigenvalue weighted by atomic mass is 9.73. The molecular formula is C28H42N4O2. The van der Waals surface area contributed by atoms with Gasteiger partial charge in [-0.15, -0.1) is 0 Å². The van der Waals surface area contributed by atoms with Crippen molar-refractivity contribution < 1.29 is 9.53 Å². The standard InChI is InChI=1S/C28H42N4O2/c1-24(2)21-31-19-20-34-26-9-4-3-7-25(26)8-5-6-11-28(22-31)12-16-32(17-13-28)27(33)10-15-30-18-14-29-23-30/h3-4,7,9,14,18,23-24H,5-6,8,10-13,15-17,19-22H2,1-2H3. The van der Waals surface area contributed by atoms with E-state index >= 15 is 0 Å². The second-order valence-electron chi connectivity index (χ2n) is 10.7. The minimum Gasteiger partial charge on any atom is -0.492 e. The number of amides is 1. The Labute approximate surface area is 205 Å².